The van der Waals surface area contributed by atoms with Crippen LogP contribution in [0.4, 0.5) is 0 Å². The van der Waals surface area contributed by atoms with E-state index in [-0.39, 0.29) is 4.90 Å². The predicted octanol–water partition coefficient (Wildman–Crippen LogP) is 0.961. The molecule has 1 aromatic rings. The molecule has 1 aliphatic carbocycles. The molecule has 1 aliphatic rings. The van der Waals surface area contributed by atoms with Crippen molar-refractivity contribution >= 4 is 10.0 Å². The molecule has 0 bridgehead atoms. The Labute approximate surface area is 108 Å². The van der Waals surface area contributed by atoms with Gasteiger partial charge in [-0.3, -0.25) is 4.98 Å². The average molecular weight is 269 g/mol. The first kappa shape index (κ1) is 13.5. The third-order valence-corrected chi connectivity index (χ3v) is 5.26. The number of nitrogens with zero attached hydrogens (tertiary/aromatic N) is 2. The fourth-order valence-electron chi connectivity index (χ4n) is 2.00. The third-order valence-electron chi connectivity index (χ3n) is 3.45. The molecule has 2 rings (SSSR count). The molecule has 1 fully saturated rings. The van der Waals surface area contributed by atoms with E-state index in [1.54, 1.807) is 19.2 Å². The number of pyridine rings is 1. The molecular weight excluding hydrogens is 250 g/mol. The second-order valence-electron chi connectivity index (χ2n) is 4.77. The van der Waals surface area contributed by atoms with Crippen LogP contribution in [0.1, 0.15) is 25.0 Å². The Morgan fingerprint density at radius 2 is 2.17 bits per heavy atom. The largest absolute Gasteiger partial charge is 0.325 e. The van der Waals surface area contributed by atoms with Crippen molar-refractivity contribution in [2.75, 3.05) is 13.6 Å². The van der Waals surface area contributed by atoms with Gasteiger partial charge in [-0.1, -0.05) is 6.42 Å². The number of hydrogen-bond acceptors (Lipinski definition) is 4. The molecular formula is C12H19N3O2S. The van der Waals surface area contributed by atoms with E-state index < -0.39 is 10.0 Å². The van der Waals surface area contributed by atoms with Crippen molar-refractivity contribution in [3.8, 4) is 0 Å². The molecule has 1 saturated carbocycles. The molecule has 0 aliphatic heterocycles. The number of nitrogens with two attached hydrogens (primary N) is 1. The smallest absolute Gasteiger partial charge is 0.244 e. The van der Waals surface area contributed by atoms with Crippen LogP contribution < -0.4 is 5.73 Å². The van der Waals surface area contributed by atoms with Gasteiger partial charge in [-0.15, -0.1) is 0 Å². The van der Waals surface area contributed by atoms with Gasteiger partial charge in [0, 0.05) is 26.3 Å². The van der Waals surface area contributed by atoms with Gasteiger partial charge in [0.1, 0.15) is 4.90 Å². The molecule has 0 saturated heterocycles. The maximum atomic E-state index is 12.3. The molecule has 0 amide bonds. The molecule has 100 valence electrons. The fourth-order valence-corrected chi connectivity index (χ4v) is 3.19. The van der Waals surface area contributed by atoms with Crippen molar-refractivity contribution in [3.63, 3.8) is 0 Å². The summed E-state index contributed by atoms with van der Waals surface area (Å²) in [5, 5.41) is 0. The van der Waals surface area contributed by atoms with E-state index >= 15 is 0 Å². The zero-order chi connectivity index (χ0) is 13.2. The molecule has 5 nitrogen and oxygen atoms in total. The first-order valence-electron chi connectivity index (χ1n) is 6.15. The second kappa shape index (κ2) is 5.34. The molecule has 0 aromatic carbocycles. The van der Waals surface area contributed by atoms with Gasteiger partial charge < -0.3 is 5.73 Å². The molecule has 6 heteroatoms. The molecule has 18 heavy (non-hydrogen) atoms. The van der Waals surface area contributed by atoms with Gasteiger partial charge in [-0.05, 0) is 30.9 Å². The van der Waals surface area contributed by atoms with E-state index in [0.29, 0.717) is 24.7 Å². The lowest BCUT2D eigenvalue weighted by Crippen LogP contribution is -2.34. The number of sulfonamides is 1. The van der Waals surface area contributed by atoms with Crippen LogP contribution in [0.2, 0.25) is 0 Å². The van der Waals surface area contributed by atoms with E-state index in [4.69, 9.17) is 5.73 Å². The van der Waals surface area contributed by atoms with Crippen molar-refractivity contribution < 1.29 is 8.42 Å². The molecule has 0 unspecified atom stereocenters. The normalized spacial score (nSPS) is 16.8. The van der Waals surface area contributed by atoms with Crippen molar-refractivity contribution in [1.29, 1.82) is 0 Å². The Morgan fingerprint density at radius 3 is 2.61 bits per heavy atom. The molecule has 1 aromatic heterocycles. The molecule has 2 N–H and O–H groups in total. The van der Waals surface area contributed by atoms with E-state index in [2.05, 4.69) is 4.98 Å². The summed E-state index contributed by atoms with van der Waals surface area (Å²) in [4.78, 5) is 4.27. The summed E-state index contributed by atoms with van der Waals surface area (Å²) in [5.41, 5.74) is 6.13. The van der Waals surface area contributed by atoms with Gasteiger partial charge in [-0.2, -0.15) is 0 Å². The van der Waals surface area contributed by atoms with Crippen LogP contribution in [-0.4, -0.2) is 31.3 Å². The van der Waals surface area contributed by atoms with Crippen LogP contribution in [0, 0.1) is 5.92 Å². The lowest BCUT2D eigenvalue weighted by molar-refractivity contribution is 0.263. The monoisotopic (exact) mass is 269 g/mol. The minimum absolute atomic E-state index is 0.238. The lowest BCUT2D eigenvalue weighted by atomic mass is 9.86. The van der Waals surface area contributed by atoms with Crippen LogP contribution in [0.3, 0.4) is 0 Å². The first-order valence-corrected chi connectivity index (χ1v) is 7.59. The summed E-state index contributed by atoms with van der Waals surface area (Å²) in [5.74, 6) is 0.515. The summed E-state index contributed by atoms with van der Waals surface area (Å²) in [6.45, 7) is 0.916. The Kier molecular flexibility index (Phi) is 3.99. The molecule has 0 spiro atoms. The summed E-state index contributed by atoms with van der Waals surface area (Å²) in [7, 11) is -1.78. The van der Waals surface area contributed by atoms with Gasteiger partial charge in [0.15, 0.2) is 0 Å². The Balaban J connectivity index is 2.12. The summed E-state index contributed by atoms with van der Waals surface area (Å²) < 4.78 is 26.0. The van der Waals surface area contributed by atoms with Gasteiger partial charge in [0.25, 0.3) is 0 Å². The van der Waals surface area contributed by atoms with Crippen LogP contribution in [0.25, 0.3) is 0 Å². The van der Waals surface area contributed by atoms with Crippen molar-refractivity contribution in [3.05, 3.63) is 24.0 Å². The van der Waals surface area contributed by atoms with Crippen molar-refractivity contribution in [2.24, 2.45) is 11.7 Å². The first-order chi connectivity index (χ1) is 8.54. The SMILES string of the molecule is CN(CC1CCC1)S(=O)(=O)c1ccc(CN)nc1. The zero-order valence-electron chi connectivity index (χ0n) is 10.5. The highest BCUT2D eigenvalue weighted by Crippen LogP contribution is 2.28. The maximum Gasteiger partial charge on any atom is 0.244 e. The van der Waals surface area contributed by atoms with Gasteiger partial charge in [0.05, 0.1) is 5.69 Å². The molecule has 0 radical (unpaired) electrons. The van der Waals surface area contributed by atoms with Crippen LogP contribution in [0.5, 0.6) is 0 Å². The quantitative estimate of drug-likeness (QED) is 0.864. The summed E-state index contributed by atoms with van der Waals surface area (Å²) >= 11 is 0. The maximum absolute atomic E-state index is 12.3. The highest BCUT2D eigenvalue weighted by atomic mass is 32.2. The number of aromatic nitrogens is 1. The van der Waals surface area contributed by atoms with Crippen molar-refractivity contribution in [1.82, 2.24) is 9.29 Å². The van der Waals surface area contributed by atoms with Crippen LogP contribution in [-0.2, 0) is 16.6 Å². The molecule has 0 atom stereocenters. The van der Waals surface area contributed by atoms with Crippen molar-refractivity contribution in [2.45, 2.75) is 30.7 Å². The highest BCUT2D eigenvalue weighted by Gasteiger charge is 2.26. The van der Waals surface area contributed by atoms with E-state index in [1.165, 1.54) is 16.9 Å². The van der Waals surface area contributed by atoms with E-state index in [1.807, 2.05) is 0 Å². The standard InChI is InChI=1S/C12H19N3O2S/c1-15(9-10-3-2-4-10)18(16,17)12-6-5-11(7-13)14-8-12/h5-6,8,10H,2-4,7,9,13H2,1H3. The summed E-state index contributed by atoms with van der Waals surface area (Å²) in [6, 6.07) is 3.23. The van der Waals surface area contributed by atoms with Crippen LogP contribution >= 0.6 is 0 Å². The Hall–Kier alpha value is -0.980. The van der Waals surface area contributed by atoms with E-state index in [0.717, 1.165) is 12.8 Å². The number of rotatable bonds is 5. The minimum atomic E-state index is -3.41. The minimum Gasteiger partial charge on any atom is -0.325 e. The average Bonchev–Trinajstić information content (AvgIpc) is 2.33. The molecule has 1 heterocycles. The third kappa shape index (κ3) is 2.71. The Morgan fingerprint density at radius 1 is 1.44 bits per heavy atom. The topological polar surface area (TPSA) is 76.3 Å². The number of hydrogen-bond donors (Lipinski definition) is 1. The zero-order valence-corrected chi connectivity index (χ0v) is 11.4. The highest BCUT2D eigenvalue weighted by molar-refractivity contribution is 7.89. The van der Waals surface area contributed by atoms with E-state index in [9.17, 15) is 8.42 Å². The van der Waals surface area contributed by atoms with Gasteiger partial charge in [0.2, 0.25) is 10.0 Å². The summed E-state index contributed by atoms with van der Waals surface area (Å²) in [6.07, 6.45) is 4.86. The second-order valence-corrected chi connectivity index (χ2v) is 6.82. The van der Waals surface area contributed by atoms with Gasteiger partial charge in [-0.25, -0.2) is 12.7 Å². The van der Waals surface area contributed by atoms with Gasteiger partial charge >= 0.3 is 0 Å². The lowest BCUT2D eigenvalue weighted by Gasteiger charge is -2.29. The van der Waals surface area contributed by atoms with Crippen LogP contribution in [0.15, 0.2) is 23.2 Å². The Bertz CT molecular complexity index is 495. The predicted molar refractivity (Wildman–Crippen MR) is 69.3 cm³/mol. The fraction of sp³-hybridized carbons (Fsp3) is 0.583.